The van der Waals surface area contributed by atoms with Gasteiger partial charge < -0.3 is 15.2 Å². The first-order valence-electron chi connectivity index (χ1n) is 9.35. The fourth-order valence-electron chi connectivity index (χ4n) is 3.03. The molecule has 3 N–H and O–H groups in total. The molecule has 29 heavy (non-hydrogen) atoms. The highest BCUT2D eigenvalue weighted by Gasteiger charge is 2.07. The van der Waals surface area contributed by atoms with Crippen molar-refractivity contribution < 1.29 is 4.52 Å². The predicted octanol–water partition coefficient (Wildman–Crippen LogP) is 2.68. The predicted molar refractivity (Wildman–Crippen MR) is 108 cm³/mol. The second kappa shape index (κ2) is 8.13. The molecule has 0 bridgehead atoms. The number of nitrogens with zero attached hydrogens (tertiary/aromatic N) is 6. The van der Waals surface area contributed by atoms with Gasteiger partial charge in [0.05, 0.1) is 17.9 Å². The number of aryl methyl sites for hydroxylation is 5. The van der Waals surface area contributed by atoms with Crippen LogP contribution >= 0.6 is 0 Å². The van der Waals surface area contributed by atoms with Gasteiger partial charge in [-0.2, -0.15) is 15.2 Å². The summed E-state index contributed by atoms with van der Waals surface area (Å²) >= 11 is 0. The lowest BCUT2D eigenvalue weighted by Crippen LogP contribution is -2.04. The summed E-state index contributed by atoms with van der Waals surface area (Å²) in [6.07, 6.45) is 3.42. The van der Waals surface area contributed by atoms with Crippen LogP contribution in [0.1, 0.15) is 28.5 Å². The van der Waals surface area contributed by atoms with Crippen molar-refractivity contribution in [2.75, 3.05) is 10.6 Å². The third-order valence-corrected chi connectivity index (χ3v) is 4.39. The largest absolute Gasteiger partial charge is 0.359 e. The third kappa shape index (κ3) is 4.78. The summed E-state index contributed by atoms with van der Waals surface area (Å²) in [5.41, 5.74) is 4.10. The smallest absolute Gasteiger partial charge is 0.224 e. The van der Waals surface area contributed by atoms with Gasteiger partial charge in [-0.15, -0.1) is 0 Å². The quantitative estimate of drug-likeness (QED) is 0.418. The summed E-state index contributed by atoms with van der Waals surface area (Å²) in [5, 5.41) is 21.9. The molecule has 0 aliphatic rings. The highest BCUT2D eigenvalue weighted by Crippen LogP contribution is 2.16. The highest BCUT2D eigenvalue weighted by molar-refractivity contribution is 5.53. The summed E-state index contributed by atoms with van der Waals surface area (Å²) in [5.74, 6) is 2.57. The molecule has 150 valence electrons. The van der Waals surface area contributed by atoms with E-state index in [1.165, 1.54) is 5.69 Å². The molecule has 4 aromatic rings. The van der Waals surface area contributed by atoms with E-state index in [9.17, 15) is 0 Å². The van der Waals surface area contributed by atoms with E-state index in [4.69, 9.17) is 4.52 Å². The molecule has 0 saturated heterocycles. The molecule has 0 aromatic carbocycles. The number of anilines is 3. The van der Waals surface area contributed by atoms with E-state index in [0.29, 0.717) is 24.1 Å². The Balaban J connectivity index is 1.34. The van der Waals surface area contributed by atoms with E-state index in [1.807, 2.05) is 37.7 Å². The van der Waals surface area contributed by atoms with Crippen LogP contribution in [0.25, 0.3) is 0 Å². The minimum absolute atomic E-state index is 0.463. The molecule has 0 aliphatic carbocycles. The maximum atomic E-state index is 5.18. The molecule has 0 aliphatic heterocycles. The van der Waals surface area contributed by atoms with Crippen LogP contribution in [-0.4, -0.2) is 35.1 Å². The van der Waals surface area contributed by atoms with Crippen LogP contribution in [0, 0.1) is 13.8 Å². The van der Waals surface area contributed by atoms with Crippen LogP contribution in [0.4, 0.5) is 17.6 Å². The van der Waals surface area contributed by atoms with E-state index in [2.05, 4.69) is 47.1 Å². The molecule has 4 heterocycles. The van der Waals surface area contributed by atoms with Crippen molar-refractivity contribution in [3.05, 3.63) is 59.0 Å². The third-order valence-electron chi connectivity index (χ3n) is 4.39. The molecule has 4 rings (SSSR count). The Bertz CT molecular complexity index is 1090. The molecule has 0 amide bonds. The fraction of sp³-hybridized carbons (Fsp3) is 0.316. The number of aromatic amines is 1. The van der Waals surface area contributed by atoms with Gasteiger partial charge in [-0.3, -0.25) is 9.78 Å². The zero-order chi connectivity index (χ0) is 20.2. The lowest BCUT2D eigenvalue weighted by molar-refractivity contribution is 0.384. The topological polar surface area (TPSA) is 122 Å². The zero-order valence-electron chi connectivity index (χ0n) is 16.6. The standard InChI is InChI=1S/C19H23N9O/c1-12-8-15(28(3)26-12)5-4-14-10-18(25-24-14)22-17-6-7-20-19(23-17)21-11-16-9-13(2)27-29-16/h6-10H,4-5,11H2,1-3H3,(H3,20,21,22,23,24,25). The van der Waals surface area contributed by atoms with Crippen molar-refractivity contribution in [3.8, 4) is 0 Å². The molecular formula is C19H23N9O. The maximum Gasteiger partial charge on any atom is 0.224 e. The fourth-order valence-corrected chi connectivity index (χ4v) is 3.03. The number of rotatable bonds is 8. The van der Waals surface area contributed by atoms with Gasteiger partial charge in [0, 0.05) is 36.8 Å². The Morgan fingerprint density at radius 1 is 1.10 bits per heavy atom. The van der Waals surface area contributed by atoms with Gasteiger partial charge in [0.15, 0.2) is 11.6 Å². The summed E-state index contributed by atoms with van der Waals surface area (Å²) in [6, 6.07) is 7.74. The SMILES string of the molecule is Cc1cc(CNc2nccc(Nc3cc(CCc4cc(C)nn4C)[nH]n3)n2)on1. The summed E-state index contributed by atoms with van der Waals surface area (Å²) in [7, 11) is 1.96. The second-order valence-corrected chi connectivity index (χ2v) is 6.86. The average molecular weight is 393 g/mol. The van der Waals surface area contributed by atoms with Gasteiger partial charge in [-0.05, 0) is 38.8 Å². The number of hydrogen-bond acceptors (Lipinski definition) is 8. The Hall–Kier alpha value is -3.69. The Kier molecular flexibility index (Phi) is 5.23. The van der Waals surface area contributed by atoms with Crippen molar-refractivity contribution in [1.82, 2.24) is 35.1 Å². The minimum Gasteiger partial charge on any atom is -0.359 e. The number of H-pyrrole nitrogens is 1. The van der Waals surface area contributed by atoms with E-state index in [0.717, 1.165) is 35.7 Å². The molecule has 10 heteroatoms. The Morgan fingerprint density at radius 3 is 2.76 bits per heavy atom. The Labute approximate surface area is 167 Å². The van der Waals surface area contributed by atoms with Gasteiger partial charge in [0.1, 0.15) is 5.82 Å². The highest BCUT2D eigenvalue weighted by atomic mass is 16.5. The van der Waals surface area contributed by atoms with Crippen LogP contribution in [0.15, 0.2) is 35.0 Å². The minimum atomic E-state index is 0.463. The maximum absolute atomic E-state index is 5.18. The zero-order valence-corrected chi connectivity index (χ0v) is 16.6. The summed E-state index contributed by atoms with van der Waals surface area (Å²) in [4.78, 5) is 8.67. The molecule has 0 atom stereocenters. The number of hydrogen-bond donors (Lipinski definition) is 3. The van der Waals surface area contributed by atoms with Crippen LogP contribution < -0.4 is 10.6 Å². The molecule has 4 aromatic heterocycles. The lowest BCUT2D eigenvalue weighted by atomic mass is 10.2. The lowest BCUT2D eigenvalue weighted by Gasteiger charge is -2.05. The number of aromatic nitrogens is 7. The van der Waals surface area contributed by atoms with Gasteiger partial charge in [0.25, 0.3) is 0 Å². The van der Waals surface area contributed by atoms with Gasteiger partial charge in [-0.1, -0.05) is 5.16 Å². The molecule has 0 radical (unpaired) electrons. The first-order valence-corrected chi connectivity index (χ1v) is 9.35. The summed E-state index contributed by atoms with van der Waals surface area (Å²) < 4.78 is 7.09. The Morgan fingerprint density at radius 2 is 2.00 bits per heavy atom. The van der Waals surface area contributed by atoms with Crippen molar-refractivity contribution in [2.24, 2.45) is 7.05 Å². The van der Waals surface area contributed by atoms with Crippen molar-refractivity contribution in [2.45, 2.75) is 33.2 Å². The number of nitrogens with one attached hydrogen (secondary N) is 3. The van der Waals surface area contributed by atoms with Gasteiger partial charge in [0.2, 0.25) is 5.95 Å². The van der Waals surface area contributed by atoms with Crippen molar-refractivity contribution in [3.63, 3.8) is 0 Å². The van der Waals surface area contributed by atoms with Crippen LogP contribution in [-0.2, 0) is 26.4 Å². The molecular weight excluding hydrogens is 370 g/mol. The van der Waals surface area contributed by atoms with Crippen LogP contribution in [0.5, 0.6) is 0 Å². The van der Waals surface area contributed by atoms with Crippen LogP contribution in [0.3, 0.4) is 0 Å². The summed E-state index contributed by atoms with van der Waals surface area (Å²) in [6.45, 7) is 4.34. The van der Waals surface area contributed by atoms with E-state index >= 15 is 0 Å². The molecule has 0 spiro atoms. The monoisotopic (exact) mass is 393 g/mol. The average Bonchev–Trinajstić information content (AvgIpc) is 3.39. The molecule has 0 saturated carbocycles. The normalized spacial score (nSPS) is 11.0. The first kappa shape index (κ1) is 18.7. The van der Waals surface area contributed by atoms with Crippen molar-refractivity contribution in [1.29, 1.82) is 0 Å². The van der Waals surface area contributed by atoms with E-state index in [1.54, 1.807) is 12.3 Å². The van der Waals surface area contributed by atoms with Gasteiger partial charge in [-0.25, -0.2) is 4.98 Å². The van der Waals surface area contributed by atoms with Crippen LogP contribution in [0.2, 0.25) is 0 Å². The first-order chi connectivity index (χ1) is 14.0. The van der Waals surface area contributed by atoms with Gasteiger partial charge >= 0.3 is 0 Å². The molecule has 10 nitrogen and oxygen atoms in total. The molecule has 0 unspecified atom stereocenters. The second-order valence-electron chi connectivity index (χ2n) is 6.86. The molecule has 0 fully saturated rings. The van der Waals surface area contributed by atoms with E-state index < -0.39 is 0 Å². The van der Waals surface area contributed by atoms with Crippen molar-refractivity contribution >= 4 is 17.6 Å². The van der Waals surface area contributed by atoms with E-state index in [-0.39, 0.29) is 0 Å².